The van der Waals surface area contributed by atoms with Gasteiger partial charge in [-0.3, -0.25) is 0 Å². The number of aliphatic hydroxyl groups is 1. The fraction of sp³-hybridized carbons (Fsp3) is 0.118. The molecule has 2 aromatic rings. The van der Waals surface area contributed by atoms with Crippen LogP contribution in [0.1, 0.15) is 15.9 Å². The summed E-state index contributed by atoms with van der Waals surface area (Å²) in [6.45, 7) is 0.00317. The molecule has 0 fully saturated rings. The summed E-state index contributed by atoms with van der Waals surface area (Å²) in [7, 11) is 1.49. The molecule has 0 amide bonds. The molecule has 0 aliphatic heterocycles. The number of aromatic carboxylic acids is 1. The fourth-order valence-electron chi connectivity index (χ4n) is 1.57. The van der Waals surface area contributed by atoms with E-state index in [-0.39, 0.29) is 12.4 Å². The van der Waals surface area contributed by atoms with Gasteiger partial charge in [-0.2, -0.15) is 0 Å². The lowest BCUT2D eigenvalue weighted by atomic mass is 10.2. The summed E-state index contributed by atoms with van der Waals surface area (Å²) in [5.41, 5.74) is 1.21. The molecule has 0 saturated heterocycles. The van der Waals surface area contributed by atoms with Gasteiger partial charge >= 0.3 is 5.97 Å². The van der Waals surface area contributed by atoms with Gasteiger partial charge in [0.05, 0.1) is 19.3 Å². The Kier molecular flexibility index (Phi) is 7.22. The lowest BCUT2D eigenvalue weighted by molar-refractivity contribution is 0.0697. The van der Waals surface area contributed by atoms with Crippen LogP contribution in [0, 0.1) is 0 Å². The molecule has 0 aromatic heterocycles. The SMILES string of the molecule is COc1cc(/C=C/CO)ccc1O.O=C(O)c1ccccc1. The van der Waals surface area contributed by atoms with Gasteiger partial charge in [0.1, 0.15) is 0 Å². The van der Waals surface area contributed by atoms with Crippen LogP contribution in [0.2, 0.25) is 0 Å². The molecular weight excluding hydrogens is 284 g/mol. The second-order valence-corrected chi connectivity index (χ2v) is 4.19. The Balaban J connectivity index is 0.000000235. The number of rotatable bonds is 4. The minimum atomic E-state index is -0.879. The maximum atomic E-state index is 10.2. The minimum absolute atomic E-state index is 0.00317. The van der Waals surface area contributed by atoms with Gasteiger partial charge in [0.2, 0.25) is 0 Å². The van der Waals surface area contributed by atoms with Gasteiger partial charge in [-0.25, -0.2) is 4.79 Å². The number of hydrogen-bond acceptors (Lipinski definition) is 4. The first-order valence-corrected chi connectivity index (χ1v) is 6.51. The molecule has 22 heavy (non-hydrogen) atoms. The molecule has 116 valence electrons. The van der Waals surface area contributed by atoms with E-state index >= 15 is 0 Å². The lowest BCUT2D eigenvalue weighted by Crippen LogP contribution is -1.93. The zero-order valence-corrected chi connectivity index (χ0v) is 12.1. The van der Waals surface area contributed by atoms with Crippen molar-refractivity contribution in [2.45, 2.75) is 0 Å². The molecule has 0 aliphatic carbocycles. The molecule has 5 heteroatoms. The van der Waals surface area contributed by atoms with Gasteiger partial charge in [-0.1, -0.05) is 36.4 Å². The van der Waals surface area contributed by atoms with E-state index in [1.165, 1.54) is 7.11 Å². The van der Waals surface area contributed by atoms with Gasteiger partial charge in [0, 0.05) is 0 Å². The predicted molar refractivity (Wildman–Crippen MR) is 84.2 cm³/mol. The second kappa shape index (κ2) is 9.20. The molecule has 0 heterocycles. The van der Waals surface area contributed by atoms with Crippen LogP contribution in [0.4, 0.5) is 0 Å². The number of hydrogen-bond donors (Lipinski definition) is 3. The third kappa shape index (κ3) is 5.68. The van der Waals surface area contributed by atoms with Crippen molar-refractivity contribution in [1.82, 2.24) is 0 Å². The first kappa shape index (κ1) is 17.3. The molecule has 0 atom stereocenters. The number of benzene rings is 2. The maximum absolute atomic E-state index is 10.2. The van der Waals surface area contributed by atoms with Crippen LogP contribution in [-0.2, 0) is 0 Å². The smallest absolute Gasteiger partial charge is 0.335 e. The molecule has 0 radical (unpaired) electrons. The zero-order chi connectivity index (χ0) is 16.4. The molecule has 0 aliphatic rings. The van der Waals surface area contributed by atoms with E-state index in [4.69, 9.17) is 14.9 Å². The van der Waals surface area contributed by atoms with Crippen LogP contribution in [0.5, 0.6) is 11.5 Å². The van der Waals surface area contributed by atoms with Crippen molar-refractivity contribution in [2.75, 3.05) is 13.7 Å². The van der Waals surface area contributed by atoms with Gasteiger partial charge in [-0.15, -0.1) is 0 Å². The van der Waals surface area contributed by atoms with Gasteiger partial charge < -0.3 is 20.1 Å². The Morgan fingerprint density at radius 2 is 1.86 bits per heavy atom. The topological polar surface area (TPSA) is 87.0 Å². The standard InChI is InChI=1S/C10H12O3.C7H6O2/c1-13-10-7-8(3-2-6-11)4-5-9(10)12;8-7(9)6-4-2-1-3-5-6/h2-5,7,11-12H,6H2,1H3;1-5H,(H,8,9)/b3-2+;. The van der Waals surface area contributed by atoms with E-state index in [0.717, 1.165) is 5.56 Å². The number of phenolic OH excluding ortho intramolecular Hbond substituents is 1. The highest BCUT2D eigenvalue weighted by atomic mass is 16.5. The Morgan fingerprint density at radius 3 is 2.36 bits per heavy atom. The third-order valence-corrected chi connectivity index (χ3v) is 2.64. The Bertz CT molecular complexity index is 620. The molecular formula is C17H18O5. The van der Waals surface area contributed by atoms with Crippen molar-refractivity contribution in [3.05, 3.63) is 65.7 Å². The number of aliphatic hydroxyl groups excluding tert-OH is 1. The number of aromatic hydroxyl groups is 1. The summed E-state index contributed by atoms with van der Waals surface area (Å²) in [4.78, 5) is 10.2. The van der Waals surface area contributed by atoms with E-state index in [1.54, 1.807) is 60.7 Å². The van der Waals surface area contributed by atoms with E-state index in [9.17, 15) is 9.90 Å². The van der Waals surface area contributed by atoms with E-state index in [0.29, 0.717) is 11.3 Å². The number of phenols is 1. The second-order valence-electron chi connectivity index (χ2n) is 4.19. The third-order valence-electron chi connectivity index (χ3n) is 2.64. The van der Waals surface area contributed by atoms with E-state index in [2.05, 4.69) is 0 Å². The van der Waals surface area contributed by atoms with Crippen molar-refractivity contribution in [1.29, 1.82) is 0 Å². The van der Waals surface area contributed by atoms with Crippen molar-refractivity contribution in [3.8, 4) is 11.5 Å². The number of ether oxygens (including phenoxy) is 1. The van der Waals surface area contributed by atoms with Gasteiger partial charge in [0.15, 0.2) is 11.5 Å². The number of carboxylic acid groups (broad SMARTS) is 1. The molecule has 0 saturated carbocycles. The van der Waals surface area contributed by atoms with Crippen LogP contribution in [0.3, 0.4) is 0 Å². The fourth-order valence-corrected chi connectivity index (χ4v) is 1.57. The highest BCUT2D eigenvalue weighted by molar-refractivity contribution is 5.87. The molecule has 2 aromatic carbocycles. The zero-order valence-electron chi connectivity index (χ0n) is 12.1. The average molecular weight is 302 g/mol. The average Bonchev–Trinajstić information content (AvgIpc) is 2.55. The largest absolute Gasteiger partial charge is 0.504 e. The van der Waals surface area contributed by atoms with Gasteiger partial charge in [0.25, 0.3) is 0 Å². The number of methoxy groups -OCH3 is 1. The van der Waals surface area contributed by atoms with E-state index in [1.807, 2.05) is 0 Å². The summed E-state index contributed by atoms with van der Waals surface area (Å²) in [6, 6.07) is 13.3. The van der Waals surface area contributed by atoms with Crippen molar-refractivity contribution in [2.24, 2.45) is 0 Å². The first-order valence-electron chi connectivity index (χ1n) is 6.51. The van der Waals surface area contributed by atoms with Crippen molar-refractivity contribution < 1.29 is 24.9 Å². The summed E-state index contributed by atoms with van der Waals surface area (Å²) in [5.74, 6) is -0.334. The van der Waals surface area contributed by atoms with Crippen LogP contribution >= 0.6 is 0 Å². The Hall–Kier alpha value is -2.79. The Labute approximate surface area is 128 Å². The quantitative estimate of drug-likeness (QED) is 0.808. The first-order chi connectivity index (χ1) is 10.6. The Morgan fingerprint density at radius 1 is 1.18 bits per heavy atom. The minimum Gasteiger partial charge on any atom is -0.504 e. The normalized spacial score (nSPS) is 9.91. The lowest BCUT2D eigenvalue weighted by Gasteiger charge is -2.03. The molecule has 3 N–H and O–H groups in total. The van der Waals surface area contributed by atoms with Crippen molar-refractivity contribution >= 4 is 12.0 Å². The summed E-state index contributed by atoms with van der Waals surface area (Å²) >= 11 is 0. The molecule has 0 bridgehead atoms. The van der Waals surface area contributed by atoms with E-state index < -0.39 is 5.97 Å². The number of carboxylic acids is 1. The molecule has 2 rings (SSSR count). The van der Waals surface area contributed by atoms with Crippen LogP contribution in [0.25, 0.3) is 6.08 Å². The molecule has 5 nitrogen and oxygen atoms in total. The van der Waals surface area contributed by atoms with Crippen molar-refractivity contribution in [3.63, 3.8) is 0 Å². The maximum Gasteiger partial charge on any atom is 0.335 e. The monoisotopic (exact) mass is 302 g/mol. The van der Waals surface area contributed by atoms with Gasteiger partial charge in [-0.05, 0) is 29.8 Å². The highest BCUT2D eigenvalue weighted by Gasteiger charge is 1.99. The summed E-state index contributed by atoms with van der Waals surface area (Å²) < 4.78 is 4.92. The predicted octanol–water partition coefficient (Wildman–Crippen LogP) is 2.79. The number of carbonyl (C=O) groups is 1. The van der Waals surface area contributed by atoms with Crippen LogP contribution in [0.15, 0.2) is 54.6 Å². The van der Waals surface area contributed by atoms with Crippen LogP contribution in [-0.4, -0.2) is 35.0 Å². The van der Waals surface area contributed by atoms with Crippen LogP contribution < -0.4 is 4.74 Å². The highest BCUT2D eigenvalue weighted by Crippen LogP contribution is 2.26. The molecule has 0 unspecified atom stereocenters. The molecule has 0 spiro atoms. The summed E-state index contributed by atoms with van der Waals surface area (Å²) in [6.07, 6.45) is 3.37. The summed E-state index contributed by atoms with van der Waals surface area (Å²) in [5, 5.41) is 26.2.